The number of hydrogen-bond donors (Lipinski definition) is 1. The highest BCUT2D eigenvalue weighted by molar-refractivity contribution is 7.16. The number of anilines is 2. The molecule has 2 aromatic rings. The van der Waals surface area contributed by atoms with Gasteiger partial charge in [-0.2, -0.15) is 0 Å². The van der Waals surface area contributed by atoms with Gasteiger partial charge in [0.1, 0.15) is 5.15 Å². The summed E-state index contributed by atoms with van der Waals surface area (Å²) in [5, 5.41) is 10.2. The fourth-order valence-corrected chi connectivity index (χ4v) is 2.54. The van der Waals surface area contributed by atoms with Crippen molar-refractivity contribution >= 4 is 33.8 Å². The van der Waals surface area contributed by atoms with Crippen molar-refractivity contribution in [1.29, 1.82) is 0 Å². The van der Waals surface area contributed by atoms with Crippen molar-refractivity contribution in [2.45, 2.75) is 13.5 Å². The van der Waals surface area contributed by atoms with Crippen LogP contribution in [0.1, 0.15) is 10.4 Å². The molecule has 0 saturated heterocycles. The molecular formula is C12H13ClN2OS. The third-order valence-electron chi connectivity index (χ3n) is 2.49. The molecule has 0 saturated carbocycles. The summed E-state index contributed by atoms with van der Waals surface area (Å²) in [6.07, 6.45) is 0. The molecule has 2 rings (SSSR count). The molecule has 5 heteroatoms. The van der Waals surface area contributed by atoms with Crippen LogP contribution in [0.4, 0.5) is 10.8 Å². The number of hydrogen-bond acceptors (Lipinski definition) is 4. The molecule has 0 radical (unpaired) electrons. The van der Waals surface area contributed by atoms with Crippen LogP contribution >= 0.6 is 22.9 Å². The first kappa shape index (κ1) is 12.4. The average molecular weight is 269 g/mol. The summed E-state index contributed by atoms with van der Waals surface area (Å²) in [7, 11) is 1.93. The molecule has 1 aromatic heterocycles. The summed E-state index contributed by atoms with van der Waals surface area (Å²) in [4.78, 5) is 6.88. The van der Waals surface area contributed by atoms with Crippen LogP contribution in [0.5, 0.6) is 0 Å². The van der Waals surface area contributed by atoms with Crippen molar-refractivity contribution in [3.63, 3.8) is 0 Å². The van der Waals surface area contributed by atoms with Gasteiger partial charge in [0.15, 0.2) is 5.13 Å². The fraction of sp³-hybridized carbons (Fsp3) is 0.250. The second-order valence-corrected chi connectivity index (χ2v) is 5.18. The molecule has 0 fully saturated rings. The number of thiazole rings is 1. The van der Waals surface area contributed by atoms with Gasteiger partial charge in [-0.15, -0.1) is 0 Å². The molecule has 3 nitrogen and oxygen atoms in total. The summed E-state index contributed by atoms with van der Waals surface area (Å²) in [6, 6.07) is 8.16. The number of nitrogens with zero attached hydrogens (tertiary/aromatic N) is 2. The maximum atomic E-state index is 9.09. The van der Waals surface area contributed by atoms with E-state index in [1.165, 1.54) is 16.9 Å². The predicted octanol–water partition coefficient (Wildman–Crippen LogP) is 3.37. The Morgan fingerprint density at radius 1 is 1.35 bits per heavy atom. The highest BCUT2D eigenvalue weighted by Crippen LogP contribution is 2.32. The van der Waals surface area contributed by atoms with Crippen LogP contribution in [-0.4, -0.2) is 17.1 Å². The number of halogens is 1. The van der Waals surface area contributed by atoms with E-state index in [1.807, 2.05) is 43.1 Å². The van der Waals surface area contributed by atoms with E-state index in [4.69, 9.17) is 16.7 Å². The van der Waals surface area contributed by atoms with Crippen LogP contribution in [-0.2, 0) is 6.61 Å². The molecule has 0 amide bonds. The van der Waals surface area contributed by atoms with Crippen LogP contribution < -0.4 is 4.90 Å². The van der Waals surface area contributed by atoms with E-state index in [0.29, 0.717) is 10.0 Å². The molecule has 0 atom stereocenters. The zero-order valence-corrected chi connectivity index (χ0v) is 11.2. The van der Waals surface area contributed by atoms with Gasteiger partial charge in [-0.1, -0.05) is 40.6 Å². The second kappa shape index (κ2) is 5.04. The lowest BCUT2D eigenvalue weighted by Crippen LogP contribution is -2.08. The Hall–Kier alpha value is -1.10. The van der Waals surface area contributed by atoms with Crippen LogP contribution in [0.3, 0.4) is 0 Å². The SMILES string of the molecule is Cc1ccc(N(C)c2nc(Cl)c(CO)s2)cc1. The molecular weight excluding hydrogens is 256 g/mol. The molecule has 90 valence electrons. The maximum absolute atomic E-state index is 9.09. The van der Waals surface area contributed by atoms with Crippen molar-refractivity contribution in [2.24, 2.45) is 0 Å². The van der Waals surface area contributed by atoms with Crippen LogP contribution in [0.2, 0.25) is 5.15 Å². The van der Waals surface area contributed by atoms with Crippen LogP contribution in [0.25, 0.3) is 0 Å². The fourth-order valence-electron chi connectivity index (χ4n) is 1.44. The number of rotatable bonds is 3. The third kappa shape index (κ3) is 2.60. The van der Waals surface area contributed by atoms with Gasteiger partial charge in [-0.3, -0.25) is 0 Å². The van der Waals surface area contributed by atoms with Gasteiger partial charge in [0.05, 0.1) is 11.5 Å². The molecule has 1 heterocycles. The summed E-state index contributed by atoms with van der Waals surface area (Å²) < 4.78 is 0. The first-order valence-corrected chi connectivity index (χ1v) is 6.37. The molecule has 0 aliphatic rings. The molecule has 0 spiro atoms. The zero-order chi connectivity index (χ0) is 12.4. The quantitative estimate of drug-likeness (QED) is 0.927. The largest absolute Gasteiger partial charge is 0.391 e. The first-order chi connectivity index (χ1) is 8.11. The summed E-state index contributed by atoms with van der Waals surface area (Å²) in [6.45, 7) is 1.98. The Labute approximate surface area is 109 Å². The predicted molar refractivity (Wildman–Crippen MR) is 72.3 cm³/mol. The van der Waals surface area contributed by atoms with Crippen molar-refractivity contribution in [3.8, 4) is 0 Å². The lowest BCUT2D eigenvalue weighted by atomic mass is 10.2. The van der Waals surface area contributed by atoms with E-state index in [2.05, 4.69) is 4.98 Å². The molecule has 1 aromatic carbocycles. The average Bonchev–Trinajstić information content (AvgIpc) is 2.70. The van der Waals surface area contributed by atoms with E-state index in [0.717, 1.165) is 10.8 Å². The van der Waals surface area contributed by atoms with Gasteiger partial charge in [0, 0.05) is 12.7 Å². The first-order valence-electron chi connectivity index (χ1n) is 5.18. The number of aryl methyl sites for hydroxylation is 1. The number of aromatic nitrogens is 1. The zero-order valence-electron chi connectivity index (χ0n) is 9.64. The third-order valence-corrected chi connectivity index (χ3v) is 4.03. The Morgan fingerprint density at radius 2 is 2.00 bits per heavy atom. The van der Waals surface area contributed by atoms with Gasteiger partial charge in [-0.05, 0) is 19.1 Å². The van der Waals surface area contributed by atoms with Gasteiger partial charge in [0.25, 0.3) is 0 Å². The van der Waals surface area contributed by atoms with Crippen LogP contribution in [0.15, 0.2) is 24.3 Å². The number of benzene rings is 1. The Kier molecular flexibility index (Phi) is 3.66. The van der Waals surface area contributed by atoms with E-state index < -0.39 is 0 Å². The van der Waals surface area contributed by atoms with Crippen molar-refractivity contribution in [1.82, 2.24) is 4.98 Å². The lowest BCUT2D eigenvalue weighted by molar-refractivity contribution is 0.285. The van der Waals surface area contributed by atoms with Gasteiger partial charge in [0.2, 0.25) is 0 Å². The molecule has 0 aliphatic carbocycles. The van der Waals surface area contributed by atoms with Crippen molar-refractivity contribution < 1.29 is 5.11 Å². The van der Waals surface area contributed by atoms with E-state index in [-0.39, 0.29) is 6.61 Å². The minimum Gasteiger partial charge on any atom is -0.391 e. The molecule has 0 aliphatic heterocycles. The molecule has 0 unspecified atom stereocenters. The van der Waals surface area contributed by atoms with Gasteiger partial charge >= 0.3 is 0 Å². The monoisotopic (exact) mass is 268 g/mol. The highest BCUT2D eigenvalue weighted by Gasteiger charge is 2.12. The number of aliphatic hydroxyl groups is 1. The molecule has 17 heavy (non-hydrogen) atoms. The van der Waals surface area contributed by atoms with Gasteiger partial charge in [-0.25, -0.2) is 4.98 Å². The smallest absolute Gasteiger partial charge is 0.191 e. The summed E-state index contributed by atoms with van der Waals surface area (Å²) in [5.41, 5.74) is 2.26. The Morgan fingerprint density at radius 3 is 2.53 bits per heavy atom. The normalized spacial score (nSPS) is 10.6. The van der Waals surface area contributed by atoms with Crippen molar-refractivity contribution in [2.75, 3.05) is 11.9 Å². The standard InChI is InChI=1S/C12H13ClN2OS/c1-8-3-5-9(6-4-8)15(2)12-14-11(13)10(7-16)17-12/h3-6,16H,7H2,1-2H3. The van der Waals surface area contributed by atoms with E-state index in [9.17, 15) is 0 Å². The topological polar surface area (TPSA) is 36.4 Å². The van der Waals surface area contributed by atoms with Crippen molar-refractivity contribution in [3.05, 3.63) is 39.9 Å². The van der Waals surface area contributed by atoms with Crippen LogP contribution in [0, 0.1) is 6.92 Å². The Bertz CT molecular complexity index is 510. The molecule has 1 N–H and O–H groups in total. The van der Waals surface area contributed by atoms with E-state index >= 15 is 0 Å². The number of aliphatic hydroxyl groups excluding tert-OH is 1. The minimum absolute atomic E-state index is 0.0712. The lowest BCUT2D eigenvalue weighted by Gasteiger charge is -2.15. The highest BCUT2D eigenvalue weighted by atomic mass is 35.5. The molecule has 0 bridgehead atoms. The summed E-state index contributed by atoms with van der Waals surface area (Å²) in [5.74, 6) is 0. The Balaban J connectivity index is 2.29. The minimum atomic E-state index is -0.0712. The maximum Gasteiger partial charge on any atom is 0.191 e. The summed E-state index contributed by atoms with van der Waals surface area (Å²) >= 11 is 7.31. The van der Waals surface area contributed by atoms with Gasteiger partial charge < -0.3 is 10.0 Å². The van der Waals surface area contributed by atoms with E-state index in [1.54, 1.807) is 0 Å². The second-order valence-electron chi connectivity index (χ2n) is 3.76.